The fourth-order valence-electron chi connectivity index (χ4n) is 3.10. The molecule has 0 radical (unpaired) electrons. The van der Waals surface area contributed by atoms with Crippen LogP contribution in [0.2, 0.25) is 0 Å². The SMILES string of the molecule is Cc1cnc(N2CCN(C(=O)c3ccccc3C#N)CC2)c(C)c1. The van der Waals surface area contributed by atoms with Crippen molar-refractivity contribution in [2.45, 2.75) is 13.8 Å². The molecule has 1 saturated heterocycles. The summed E-state index contributed by atoms with van der Waals surface area (Å²) in [4.78, 5) is 21.2. The van der Waals surface area contributed by atoms with E-state index < -0.39 is 0 Å². The second-order valence-corrected chi connectivity index (χ2v) is 6.09. The number of aromatic nitrogens is 1. The van der Waals surface area contributed by atoms with E-state index in [1.807, 2.05) is 18.0 Å². The minimum absolute atomic E-state index is 0.0691. The van der Waals surface area contributed by atoms with Crippen molar-refractivity contribution >= 4 is 11.7 Å². The summed E-state index contributed by atoms with van der Waals surface area (Å²) in [5, 5.41) is 9.17. The van der Waals surface area contributed by atoms with Crippen LogP contribution in [0, 0.1) is 25.2 Å². The fraction of sp³-hybridized carbons (Fsp3) is 0.316. The third-order valence-electron chi connectivity index (χ3n) is 4.33. The van der Waals surface area contributed by atoms with Crippen LogP contribution in [0.15, 0.2) is 36.5 Å². The zero-order chi connectivity index (χ0) is 17.1. The Morgan fingerprint density at radius 3 is 2.54 bits per heavy atom. The standard InChI is InChI=1S/C19H20N4O/c1-14-11-15(2)18(21-13-14)22-7-9-23(10-8-22)19(24)17-6-4-3-5-16(17)12-20/h3-6,11,13H,7-10H2,1-2H3. The number of hydrogen-bond donors (Lipinski definition) is 0. The van der Waals surface area contributed by atoms with Gasteiger partial charge in [0.05, 0.1) is 17.2 Å². The van der Waals surface area contributed by atoms with Crippen LogP contribution in [0.4, 0.5) is 5.82 Å². The van der Waals surface area contributed by atoms with Gasteiger partial charge in [-0.25, -0.2) is 4.98 Å². The highest BCUT2D eigenvalue weighted by molar-refractivity contribution is 5.96. The van der Waals surface area contributed by atoms with Gasteiger partial charge in [0.25, 0.3) is 5.91 Å². The van der Waals surface area contributed by atoms with Gasteiger partial charge in [-0.15, -0.1) is 0 Å². The summed E-state index contributed by atoms with van der Waals surface area (Å²) in [5.41, 5.74) is 3.22. The molecular weight excluding hydrogens is 300 g/mol. The van der Waals surface area contributed by atoms with Crippen molar-refractivity contribution in [2.24, 2.45) is 0 Å². The molecule has 5 nitrogen and oxygen atoms in total. The molecule has 1 fully saturated rings. The molecule has 0 N–H and O–H groups in total. The fourth-order valence-corrected chi connectivity index (χ4v) is 3.10. The minimum Gasteiger partial charge on any atom is -0.353 e. The lowest BCUT2D eigenvalue weighted by Crippen LogP contribution is -2.49. The molecule has 2 heterocycles. The highest BCUT2D eigenvalue weighted by atomic mass is 16.2. The number of nitriles is 1. The summed E-state index contributed by atoms with van der Waals surface area (Å²) in [6.45, 7) is 6.86. The molecule has 2 aromatic rings. The number of nitrogens with zero attached hydrogens (tertiary/aromatic N) is 4. The van der Waals surface area contributed by atoms with Gasteiger partial charge in [-0.05, 0) is 37.1 Å². The molecule has 1 aliphatic heterocycles. The first kappa shape index (κ1) is 16.0. The summed E-state index contributed by atoms with van der Waals surface area (Å²) in [5.74, 6) is 0.922. The lowest BCUT2D eigenvalue weighted by atomic mass is 10.1. The molecule has 1 amide bonds. The molecule has 0 aliphatic carbocycles. The predicted octanol–water partition coefficient (Wildman–Crippen LogP) is 2.53. The number of amides is 1. The first-order chi connectivity index (χ1) is 11.6. The van der Waals surface area contributed by atoms with Gasteiger partial charge in [0.15, 0.2) is 0 Å². The quantitative estimate of drug-likeness (QED) is 0.853. The van der Waals surface area contributed by atoms with E-state index in [1.54, 1.807) is 24.3 Å². The third kappa shape index (κ3) is 3.09. The van der Waals surface area contributed by atoms with Crippen LogP contribution in [0.1, 0.15) is 27.0 Å². The first-order valence-corrected chi connectivity index (χ1v) is 8.07. The maximum atomic E-state index is 12.7. The minimum atomic E-state index is -0.0691. The van der Waals surface area contributed by atoms with E-state index in [-0.39, 0.29) is 5.91 Å². The van der Waals surface area contributed by atoms with Crippen molar-refractivity contribution in [2.75, 3.05) is 31.1 Å². The monoisotopic (exact) mass is 320 g/mol. The summed E-state index contributed by atoms with van der Waals surface area (Å²) < 4.78 is 0. The Bertz CT molecular complexity index is 801. The van der Waals surface area contributed by atoms with Gasteiger partial charge in [-0.2, -0.15) is 5.26 Å². The molecule has 122 valence electrons. The molecule has 1 aliphatic rings. The van der Waals surface area contributed by atoms with Crippen LogP contribution in [0.5, 0.6) is 0 Å². The van der Waals surface area contributed by atoms with Crippen LogP contribution >= 0.6 is 0 Å². The number of pyridine rings is 1. The summed E-state index contributed by atoms with van der Waals surface area (Å²) in [6.07, 6.45) is 1.88. The number of piperazine rings is 1. The summed E-state index contributed by atoms with van der Waals surface area (Å²) >= 11 is 0. The highest BCUT2D eigenvalue weighted by Crippen LogP contribution is 2.20. The van der Waals surface area contributed by atoms with Crippen molar-refractivity contribution in [1.29, 1.82) is 5.26 Å². The van der Waals surface area contributed by atoms with Gasteiger partial charge < -0.3 is 9.80 Å². The van der Waals surface area contributed by atoms with Crippen LogP contribution in [-0.2, 0) is 0 Å². The van der Waals surface area contributed by atoms with E-state index in [0.717, 1.165) is 30.0 Å². The Kier molecular flexibility index (Phi) is 4.48. The molecule has 0 saturated carbocycles. The third-order valence-corrected chi connectivity index (χ3v) is 4.33. The topological polar surface area (TPSA) is 60.2 Å². The molecule has 1 aromatic carbocycles. The van der Waals surface area contributed by atoms with Gasteiger partial charge in [-0.3, -0.25) is 4.79 Å². The average molecular weight is 320 g/mol. The van der Waals surface area contributed by atoms with Crippen molar-refractivity contribution in [1.82, 2.24) is 9.88 Å². The van der Waals surface area contributed by atoms with E-state index in [9.17, 15) is 10.1 Å². The Morgan fingerprint density at radius 1 is 1.17 bits per heavy atom. The summed E-state index contributed by atoms with van der Waals surface area (Å²) in [6, 6.07) is 11.2. The summed E-state index contributed by atoms with van der Waals surface area (Å²) in [7, 11) is 0. The largest absolute Gasteiger partial charge is 0.353 e. The van der Waals surface area contributed by atoms with E-state index in [1.165, 1.54) is 0 Å². The number of hydrogen-bond acceptors (Lipinski definition) is 4. The number of rotatable bonds is 2. The highest BCUT2D eigenvalue weighted by Gasteiger charge is 2.24. The second-order valence-electron chi connectivity index (χ2n) is 6.09. The lowest BCUT2D eigenvalue weighted by molar-refractivity contribution is 0.0746. The normalized spacial score (nSPS) is 14.4. The van der Waals surface area contributed by atoms with Crippen LogP contribution in [0.3, 0.4) is 0 Å². The smallest absolute Gasteiger partial charge is 0.255 e. The number of carbonyl (C=O) groups is 1. The Balaban J connectivity index is 1.71. The van der Waals surface area contributed by atoms with Crippen molar-refractivity contribution in [3.8, 4) is 6.07 Å². The Morgan fingerprint density at radius 2 is 1.88 bits per heavy atom. The molecule has 0 atom stereocenters. The van der Waals surface area contributed by atoms with Crippen LogP contribution < -0.4 is 4.90 Å². The molecule has 0 bridgehead atoms. The molecule has 5 heteroatoms. The van der Waals surface area contributed by atoms with Crippen molar-refractivity contribution in [3.63, 3.8) is 0 Å². The van der Waals surface area contributed by atoms with Crippen molar-refractivity contribution < 1.29 is 4.79 Å². The number of carbonyl (C=O) groups excluding carboxylic acids is 1. The molecule has 0 spiro atoms. The second kappa shape index (κ2) is 6.71. The molecular formula is C19H20N4O. The van der Waals surface area contributed by atoms with Crippen LogP contribution in [0.25, 0.3) is 0 Å². The molecule has 0 unspecified atom stereocenters. The van der Waals surface area contributed by atoms with E-state index >= 15 is 0 Å². The number of anilines is 1. The van der Waals surface area contributed by atoms with E-state index in [0.29, 0.717) is 24.2 Å². The molecule has 24 heavy (non-hydrogen) atoms. The van der Waals surface area contributed by atoms with Crippen molar-refractivity contribution in [3.05, 3.63) is 58.8 Å². The Labute approximate surface area is 142 Å². The van der Waals surface area contributed by atoms with Gasteiger partial charge >= 0.3 is 0 Å². The van der Waals surface area contributed by atoms with Gasteiger partial charge in [0.1, 0.15) is 5.82 Å². The maximum Gasteiger partial charge on any atom is 0.255 e. The average Bonchev–Trinajstić information content (AvgIpc) is 2.61. The molecule has 1 aromatic heterocycles. The van der Waals surface area contributed by atoms with Gasteiger partial charge in [0, 0.05) is 32.4 Å². The first-order valence-electron chi connectivity index (χ1n) is 8.07. The Hall–Kier alpha value is -2.87. The zero-order valence-corrected chi connectivity index (χ0v) is 14.0. The van der Waals surface area contributed by atoms with E-state index in [4.69, 9.17) is 0 Å². The number of benzene rings is 1. The predicted molar refractivity (Wildman–Crippen MR) is 93.0 cm³/mol. The van der Waals surface area contributed by atoms with Crippen LogP contribution in [-0.4, -0.2) is 42.0 Å². The maximum absolute atomic E-state index is 12.7. The van der Waals surface area contributed by atoms with Gasteiger partial charge in [0.2, 0.25) is 0 Å². The molecule has 3 rings (SSSR count). The zero-order valence-electron chi connectivity index (χ0n) is 14.0. The lowest BCUT2D eigenvalue weighted by Gasteiger charge is -2.36. The van der Waals surface area contributed by atoms with Gasteiger partial charge in [-0.1, -0.05) is 18.2 Å². The number of aryl methyl sites for hydroxylation is 2. The van der Waals surface area contributed by atoms with E-state index in [2.05, 4.69) is 28.9 Å².